The van der Waals surface area contributed by atoms with E-state index in [1.165, 1.54) is 7.05 Å². The zero-order valence-corrected chi connectivity index (χ0v) is 21.4. The average molecular weight is 512 g/mol. The third-order valence-corrected chi connectivity index (χ3v) is 7.14. The van der Waals surface area contributed by atoms with Crippen LogP contribution in [0, 0.1) is 28.8 Å². The number of rotatable bonds is 6. The van der Waals surface area contributed by atoms with Crippen molar-refractivity contribution in [2.45, 2.75) is 77.4 Å². The van der Waals surface area contributed by atoms with Gasteiger partial charge in [-0.3, -0.25) is 9.59 Å². The Labute approximate surface area is 210 Å². The Morgan fingerprint density at radius 2 is 1.72 bits per heavy atom. The molecule has 0 aromatic heterocycles. The number of carbonyl (C=O) groups excluding carboxylic acids is 3. The van der Waals surface area contributed by atoms with Gasteiger partial charge in [0.25, 0.3) is 0 Å². The first kappa shape index (κ1) is 27.8. The van der Waals surface area contributed by atoms with Crippen molar-refractivity contribution in [3.63, 3.8) is 0 Å². The summed E-state index contributed by atoms with van der Waals surface area (Å²) in [5.74, 6) is -4.96. The number of likely N-dealkylation sites (N-methyl/N-ethyl adjacent to an activating group) is 1. The second-order valence-electron chi connectivity index (χ2n) is 11.1. The van der Waals surface area contributed by atoms with Crippen LogP contribution in [0.4, 0.5) is 18.0 Å². The molecule has 2 N–H and O–H groups in total. The van der Waals surface area contributed by atoms with Gasteiger partial charge in [0.05, 0.1) is 0 Å². The van der Waals surface area contributed by atoms with Crippen LogP contribution in [-0.2, 0) is 20.7 Å². The molecule has 0 radical (unpaired) electrons. The lowest BCUT2D eigenvalue weighted by Gasteiger charge is -2.40. The molecule has 36 heavy (non-hydrogen) atoms. The Balaban J connectivity index is 1.53. The highest BCUT2D eigenvalue weighted by atomic mass is 19.2. The van der Waals surface area contributed by atoms with Gasteiger partial charge in [-0.25, -0.2) is 18.0 Å². The Hall–Kier alpha value is -2.78. The van der Waals surface area contributed by atoms with Gasteiger partial charge in [-0.15, -0.1) is 0 Å². The molecular weight excluding hydrogens is 475 g/mol. The van der Waals surface area contributed by atoms with Crippen molar-refractivity contribution in [2.24, 2.45) is 11.3 Å². The van der Waals surface area contributed by atoms with Gasteiger partial charge in [-0.2, -0.15) is 0 Å². The molecule has 10 heteroatoms. The maximum Gasteiger partial charge on any atom is 0.410 e. The molecule has 3 rings (SSSR count). The van der Waals surface area contributed by atoms with Crippen molar-refractivity contribution in [2.75, 3.05) is 20.1 Å². The standard InChI is InChI=1S/C26H36F3N3O4/c1-25(2,3)36-24(35)32-9-7-26(8-10-32)6-5-16(15-26)14-21(33)31-20(23(34)30-4)13-17-11-18(27)22(29)19(28)12-17/h11-12,16,20H,5-10,13-15H2,1-4H3,(H,30,34)(H,31,33)/t16-,20-/m1/s1. The molecule has 1 spiro atoms. The minimum absolute atomic E-state index is 0.0665. The Morgan fingerprint density at radius 3 is 2.28 bits per heavy atom. The molecule has 200 valence electrons. The first-order chi connectivity index (χ1) is 16.8. The van der Waals surface area contributed by atoms with Crippen LogP contribution in [0.5, 0.6) is 0 Å². The number of nitrogens with zero attached hydrogens (tertiary/aromatic N) is 1. The van der Waals surface area contributed by atoms with Gasteiger partial charge < -0.3 is 20.3 Å². The summed E-state index contributed by atoms with van der Waals surface area (Å²) in [5, 5.41) is 5.11. The number of carbonyl (C=O) groups is 3. The lowest BCUT2D eigenvalue weighted by molar-refractivity contribution is -0.129. The summed E-state index contributed by atoms with van der Waals surface area (Å²) >= 11 is 0. The maximum absolute atomic E-state index is 13.6. The van der Waals surface area contributed by atoms with E-state index < -0.39 is 35.0 Å². The van der Waals surface area contributed by atoms with Crippen LogP contribution < -0.4 is 10.6 Å². The highest BCUT2D eigenvalue weighted by molar-refractivity contribution is 5.87. The molecule has 7 nitrogen and oxygen atoms in total. The highest BCUT2D eigenvalue weighted by Crippen LogP contribution is 2.49. The monoisotopic (exact) mass is 511 g/mol. The van der Waals surface area contributed by atoms with Gasteiger partial charge in [-0.05, 0) is 81.9 Å². The fraction of sp³-hybridized carbons (Fsp3) is 0.654. The number of hydrogen-bond donors (Lipinski definition) is 2. The number of hydrogen-bond acceptors (Lipinski definition) is 4. The van der Waals surface area contributed by atoms with E-state index in [1.54, 1.807) is 4.90 Å². The largest absolute Gasteiger partial charge is 0.444 e. The average Bonchev–Trinajstić information content (AvgIpc) is 3.17. The lowest BCUT2D eigenvalue weighted by atomic mass is 9.76. The van der Waals surface area contributed by atoms with Crippen LogP contribution in [-0.4, -0.2) is 54.6 Å². The second-order valence-corrected chi connectivity index (χ2v) is 11.1. The highest BCUT2D eigenvalue weighted by Gasteiger charge is 2.43. The molecule has 1 aliphatic heterocycles. The van der Waals surface area contributed by atoms with Crippen molar-refractivity contribution in [3.8, 4) is 0 Å². The predicted octanol–water partition coefficient (Wildman–Crippen LogP) is 4.08. The van der Waals surface area contributed by atoms with E-state index in [0.717, 1.165) is 44.2 Å². The van der Waals surface area contributed by atoms with E-state index in [2.05, 4.69) is 10.6 Å². The van der Waals surface area contributed by atoms with Gasteiger partial charge in [0.15, 0.2) is 17.5 Å². The normalized spacial score (nSPS) is 20.2. The molecule has 1 saturated carbocycles. The molecule has 1 saturated heterocycles. The third kappa shape index (κ3) is 7.13. The van der Waals surface area contributed by atoms with E-state index >= 15 is 0 Å². The van der Waals surface area contributed by atoms with Crippen LogP contribution in [0.25, 0.3) is 0 Å². The van der Waals surface area contributed by atoms with Crippen molar-refractivity contribution in [3.05, 3.63) is 35.1 Å². The number of piperidine rings is 1. The van der Waals surface area contributed by atoms with Gasteiger partial charge in [0.1, 0.15) is 11.6 Å². The van der Waals surface area contributed by atoms with E-state index in [1.807, 2.05) is 20.8 Å². The summed E-state index contributed by atoms with van der Waals surface area (Å²) in [6, 6.07) is 0.606. The second kappa shape index (κ2) is 11.1. The van der Waals surface area contributed by atoms with Gasteiger partial charge >= 0.3 is 6.09 Å². The zero-order valence-electron chi connectivity index (χ0n) is 21.4. The number of nitrogens with one attached hydrogen (secondary N) is 2. The summed E-state index contributed by atoms with van der Waals surface area (Å²) in [7, 11) is 1.40. The third-order valence-electron chi connectivity index (χ3n) is 7.14. The first-order valence-electron chi connectivity index (χ1n) is 12.4. The number of likely N-dealkylation sites (tertiary alicyclic amines) is 1. The van der Waals surface area contributed by atoms with Crippen molar-refractivity contribution < 1.29 is 32.3 Å². The Kier molecular flexibility index (Phi) is 8.56. The van der Waals surface area contributed by atoms with E-state index in [4.69, 9.17) is 4.74 Å². The van der Waals surface area contributed by atoms with Crippen LogP contribution in [0.15, 0.2) is 12.1 Å². The number of benzene rings is 1. The quantitative estimate of drug-likeness (QED) is 0.564. The van der Waals surface area contributed by atoms with E-state index in [-0.39, 0.29) is 41.7 Å². The summed E-state index contributed by atoms with van der Waals surface area (Å²) in [6.45, 7) is 6.77. The predicted molar refractivity (Wildman–Crippen MR) is 127 cm³/mol. The summed E-state index contributed by atoms with van der Waals surface area (Å²) < 4.78 is 45.9. The minimum Gasteiger partial charge on any atom is -0.444 e. The van der Waals surface area contributed by atoms with E-state index in [9.17, 15) is 27.6 Å². The Morgan fingerprint density at radius 1 is 1.11 bits per heavy atom. The molecule has 2 atom stereocenters. The van der Waals surface area contributed by atoms with Gasteiger partial charge in [-0.1, -0.05) is 0 Å². The van der Waals surface area contributed by atoms with Crippen molar-refractivity contribution >= 4 is 17.9 Å². The van der Waals surface area contributed by atoms with Crippen molar-refractivity contribution in [1.29, 1.82) is 0 Å². The van der Waals surface area contributed by atoms with Crippen LogP contribution in [0.2, 0.25) is 0 Å². The fourth-order valence-corrected chi connectivity index (χ4v) is 5.31. The van der Waals surface area contributed by atoms with Gasteiger partial charge in [0.2, 0.25) is 11.8 Å². The number of amides is 3. The first-order valence-corrected chi connectivity index (χ1v) is 12.4. The molecule has 1 aromatic rings. The maximum atomic E-state index is 13.6. The molecule has 1 aliphatic carbocycles. The summed E-state index contributed by atoms with van der Waals surface area (Å²) in [6.07, 6.45) is 4.18. The lowest BCUT2D eigenvalue weighted by Crippen LogP contribution is -2.47. The van der Waals surface area contributed by atoms with E-state index in [0.29, 0.717) is 13.1 Å². The molecule has 2 fully saturated rings. The van der Waals surface area contributed by atoms with Crippen molar-refractivity contribution in [1.82, 2.24) is 15.5 Å². The summed E-state index contributed by atoms with van der Waals surface area (Å²) in [5.41, 5.74) is -0.381. The van der Waals surface area contributed by atoms with Crippen LogP contribution in [0.1, 0.15) is 64.9 Å². The molecule has 0 unspecified atom stereocenters. The SMILES string of the molecule is CNC(=O)[C@@H](Cc1cc(F)c(F)c(F)c1)NC(=O)C[C@H]1CCC2(CCN(C(=O)OC(C)(C)C)CC2)C1. The number of halogens is 3. The molecule has 2 aliphatic rings. The topological polar surface area (TPSA) is 87.7 Å². The number of ether oxygens (including phenoxy) is 1. The zero-order chi connectivity index (χ0) is 26.7. The van der Waals surface area contributed by atoms with Gasteiger partial charge in [0, 0.05) is 33.0 Å². The molecule has 1 aromatic carbocycles. The van der Waals surface area contributed by atoms with Crippen LogP contribution >= 0.6 is 0 Å². The molecule has 1 heterocycles. The Bertz CT molecular complexity index is 964. The molecular formula is C26H36F3N3O4. The molecule has 0 bridgehead atoms. The molecule has 3 amide bonds. The van der Waals surface area contributed by atoms with Crippen LogP contribution in [0.3, 0.4) is 0 Å². The summed E-state index contributed by atoms with van der Waals surface area (Å²) in [4.78, 5) is 39.2. The fourth-order valence-electron chi connectivity index (χ4n) is 5.31. The smallest absolute Gasteiger partial charge is 0.410 e. The minimum atomic E-state index is -1.58.